The molecule has 0 aliphatic heterocycles. The number of thiazole rings is 1. The minimum atomic E-state index is 0.628. The van der Waals surface area contributed by atoms with Crippen molar-refractivity contribution in [2.45, 2.75) is 13.8 Å². The summed E-state index contributed by atoms with van der Waals surface area (Å²) < 4.78 is 0. The maximum Gasteiger partial charge on any atom is 0.188 e. The van der Waals surface area contributed by atoms with Crippen LogP contribution in [0.1, 0.15) is 10.6 Å². The predicted molar refractivity (Wildman–Crippen MR) is 63.5 cm³/mol. The van der Waals surface area contributed by atoms with E-state index in [1.165, 1.54) is 4.88 Å². The maximum absolute atomic E-state index is 5.77. The fraction of sp³-hybridized carbons (Fsp3) is 0.200. The number of hydrogen-bond donors (Lipinski definition) is 2. The van der Waals surface area contributed by atoms with E-state index in [-0.39, 0.29) is 0 Å². The smallest absolute Gasteiger partial charge is 0.188 e. The Bertz CT molecular complexity index is 459. The summed E-state index contributed by atoms with van der Waals surface area (Å²) in [5.41, 5.74) is 7.43. The summed E-state index contributed by atoms with van der Waals surface area (Å²) >= 11 is 1.60. The van der Waals surface area contributed by atoms with Gasteiger partial charge in [0.05, 0.1) is 11.4 Å². The fourth-order valence-corrected chi connectivity index (χ4v) is 1.96. The molecule has 0 spiro atoms. The minimum Gasteiger partial charge on any atom is -0.396 e. The fourth-order valence-electron chi connectivity index (χ4n) is 1.15. The van der Waals surface area contributed by atoms with Gasteiger partial charge in [-0.2, -0.15) is 0 Å². The van der Waals surface area contributed by atoms with Gasteiger partial charge in [-0.05, 0) is 26.0 Å². The van der Waals surface area contributed by atoms with Crippen molar-refractivity contribution in [2.24, 2.45) is 0 Å². The van der Waals surface area contributed by atoms with Crippen molar-refractivity contribution >= 4 is 28.0 Å². The van der Waals surface area contributed by atoms with Gasteiger partial charge >= 0.3 is 0 Å². The number of pyridine rings is 1. The van der Waals surface area contributed by atoms with Crippen LogP contribution in [0.25, 0.3) is 0 Å². The molecule has 2 aromatic heterocycles. The van der Waals surface area contributed by atoms with Crippen molar-refractivity contribution in [2.75, 3.05) is 11.1 Å². The molecule has 0 saturated carbocycles. The van der Waals surface area contributed by atoms with Gasteiger partial charge in [0.2, 0.25) is 0 Å². The Balaban J connectivity index is 2.26. The third-order valence-corrected chi connectivity index (χ3v) is 3.08. The molecule has 78 valence electrons. The highest BCUT2D eigenvalue weighted by Gasteiger charge is 2.05. The van der Waals surface area contributed by atoms with Crippen molar-refractivity contribution in [3.8, 4) is 0 Å². The summed E-state index contributed by atoms with van der Waals surface area (Å²) in [5, 5.41) is 3.93. The first-order chi connectivity index (χ1) is 7.16. The monoisotopic (exact) mass is 220 g/mol. The van der Waals surface area contributed by atoms with E-state index in [2.05, 4.69) is 15.3 Å². The normalized spacial score (nSPS) is 10.3. The summed E-state index contributed by atoms with van der Waals surface area (Å²) in [5.74, 6) is 0.659. The summed E-state index contributed by atoms with van der Waals surface area (Å²) in [6.45, 7) is 4.03. The average Bonchev–Trinajstić information content (AvgIpc) is 2.50. The Hall–Kier alpha value is -1.62. The number of nitrogens with one attached hydrogen (secondary N) is 1. The summed E-state index contributed by atoms with van der Waals surface area (Å²) in [6.07, 6.45) is 1.70. The van der Waals surface area contributed by atoms with Gasteiger partial charge in [0, 0.05) is 11.1 Å². The molecule has 2 aromatic rings. The van der Waals surface area contributed by atoms with Crippen molar-refractivity contribution in [1.82, 2.24) is 9.97 Å². The molecule has 4 nitrogen and oxygen atoms in total. The topological polar surface area (TPSA) is 63.8 Å². The van der Waals surface area contributed by atoms with Crippen LogP contribution < -0.4 is 11.1 Å². The number of hydrogen-bond acceptors (Lipinski definition) is 5. The summed E-state index contributed by atoms with van der Waals surface area (Å²) in [4.78, 5) is 9.70. The Morgan fingerprint density at radius 2 is 2.20 bits per heavy atom. The summed E-state index contributed by atoms with van der Waals surface area (Å²) in [7, 11) is 0. The molecule has 0 amide bonds. The number of aryl methyl sites for hydroxylation is 2. The lowest BCUT2D eigenvalue weighted by Gasteiger charge is -2.03. The molecule has 3 N–H and O–H groups in total. The van der Waals surface area contributed by atoms with Crippen LogP contribution in [-0.4, -0.2) is 9.97 Å². The molecule has 0 atom stereocenters. The Morgan fingerprint density at radius 3 is 2.80 bits per heavy atom. The van der Waals surface area contributed by atoms with Gasteiger partial charge in [-0.1, -0.05) is 0 Å². The van der Waals surface area contributed by atoms with Crippen LogP contribution in [0, 0.1) is 13.8 Å². The summed E-state index contributed by atoms with van der Waals surface area (Å²) in [6, 6.07) is 3.61. The SMILES string of the molecule is Cc1nc(Nc2ncccc2N)sc1C. The van der Waals surface area contributed by atoms with Gasteiger partial charge in [0.25, 0.3) is 0 Å². The number of nitrogens with zero attached hydrogens (tertiary/aromatic N) is 2. The largest absolute Gasteiger partial charge is 0.396 e. The van der Waals surface area contributed by atoms with Crippen LogP contribution in [0.5, 0.6) is 0 Å². The lowest BCUT2D eigenvalue weighted by molar-refractivity contribution is 1.21. The molecular weight excluding hydrogens is 208 g/mol. The van der Waals surface area contributed by atoms with Crippen LogP contribution in [0.3, 0.4) is 0 Å². The van der Waals surface area contributed by atoms with E-state index in [1.807, 2.05) is 19.9 Å². The van der Waals surface area contributed by atoms with E-state index < -0.39 is 0 Å². The standard InChI is InChI=1S/C10H12N4S/c1-6-7(2)15-10(13-6)14-9-8(11)4-3-5-12-9/h3-5H,11H2,1-2H3,(H,12,13,14). The van der Waals surface area contributed by atoms with Crippen LogP contribution in [0.4, 0.5) is 16.6 Å². The number of aromatic nitrogens is 2. The molecule has 5 heteroatoms. The highest BCUT2D eigenvalue weighted by Crippen LogP contribution is 2.25. The van der Waals surface area contributed by atoms with Crippen LogP contribution in [0.2, 0.25) is 0 Å². The number of anilines is 3. The molecule has 0 bridgehead atoms. The highest BCUT2D eigenvalue weighted by molar-refractivity contribution is 7.15. The van der Waals surface area contributed by atoms with Gasteiger partial charge in [0.1, 0.15) is 0 Å². The van der Waals surface area contributed by atoms with Gasteiger partial charge in [-0.15, -0.1) is 11.3 Å². The molecule has 0 aliphatic rings. The molecule has 0 aromatic carbocycles. The average molecular weight is 220 g/mol. The van der Waals surface area contributed by atoms with Crippen LogP contribution in [-0.2, 0) is 0 Å². The molecular formula is C10H12N4S. The van der Waals surface area contributed by atoms with Gasteiger partial charge in [-0.25, -0.2) is 9.97 Å². The highest BCUT2D eigenvalue weighted by atomic mass is 32.1. The predicted octanol–water partition coefficient (Wildman–Crippen LogP) is 2.48. The molecule has 2 rings (SSSR count). The molecule has 2 heterocycles. The Kier molecular flexibility index (Phi) is 2.55. The van der Waals surface area contributed by atoms with Crippen molar-refractivity contribution < 1.29 is 0 Å². The first-order valence-electron chi connectivity index (χ1n) is 4.58. The van der Waals surface area contributed by atoms with E-state index in [0.29, 0.717) is 11.5 Å². The number of nitrogen functional groups attached to an aromatic ring is 1. The number of nitrogens with two attached hydrogens (primary N) is 1. The molecule has 0 radical (unpaired) electrons. The van der Waals surface area contributed by atoms with Gasteiger partial charge in [-0.3, -0.25) is 0 Å². The molecule has 0 fully saturated rings. The molecule has 0 aliphatic carbocycles. The lowest BCUT2D eigenvalue weighted by Crippen LogP contribution is -1.97. The molecule has 0 saturated heterocycles. The van der Waals surface area contributed by atoms with Crippen molar-refractivity contribution in [3.05, 3.63) is 28.9 Å². The second-order valence-electron chi connectivity index (χ2n) is 3.23. The van der Waals surface area contributed by atoms with Gasteiger partial charge in [0.15, 0.2) is 10.9 Å². The second kappa shape index (κ2) is 3.86. The second-order valence-corrected chi connectivity index (χ2v) is 4.43. The van der Waals surface area contributed by atoms with Crippen LogP contribution >= 0.6 is 11.3 Å². The first-order valence-corrected chi connectivity index (χ1v) is 5.40. The zero-order chi connectivity index (χ0) is 10.8. The van der Waals surface area contributed by atoms with Gasteiger partial charge < -0.3 is 11.1 Å². The Labute approximate surface area is 92.2 Å². The molecule has 0 unspecified atom stereocenters. The lowest BCUT2D eigenvalue weighted by atomic mass is 10.4. The number of rotatable bonds is 2. The van der Waals surface area contributed by atoms with E-state index in [1.54, 1.807) is 23.6 Å². The van der Waals surface area contributed by atoms with Crippen LogP contribution in [0.15, 0.2) is 18.3 Å². The third kappa shape index (κ3) is 2.07. The maximum atomic E-state index is 5.77. The van der Waals surface area contributed by atoms with E-state index in [0.717, 1.165) is 10.8 Å². The third-order valence-electron chi connectivity index (χ3n) is 2.09. The molecule has 15 heavy (non-hydrogen) atoms. The zero-order valence-electron chi connectivity index (χ0n) is 8.61. The van der Waals surface area contributed by atoms with Crippen molar-refractivity contribution in [1.29, 1.82) is 0 Å². The zero-order valence-corrected chi connectivity index (χ0v) is 9.43. The van der Waals surface area contributed by atoms with Crippen molar-refractivity contribution in [3.63, 3.8) is 0 Å². The van der Waals surface area contributed by atoms with E-state index in [9.17, 15) is 0 Å². The Morgan fingerprint density at radius 1 is 1.40 bits per heavy atom. The first kappa shape index (κ1) is 9.92. The van der Waals surface area contributed by atoms with E-state index in [4.69, 9.17) is 5.73 Å². The minimum absolute atomic E-state index is 0.628. The quantitative estimate of drug-likeness (QED) is 0.816. The van der Waals surface area contributed by atoms with E-state index >= 15 is 0 Å².